The Morgan fingerprint density at radius 3 is 2.76 bits per heavy atom. The van der Waals surface area contributed by atoms with E-state index in [1.54, 1.807) is 0 Å². The van der Waals surface area contributed by atoms with Crippen LogP contribution in [0, 0.1) is 10.1 Å². The van der Waals surface area contributed by atoms with Gasteiger partial charge < -0.3 is 0 Å². The van der Waals surface area contributed by atoms with E-state index in [0.717, 1.165) is 16.8 Å². The largest absolute Gasteiger partial charge is 0.295 e. The van der Waals surface area contributed by atoms with Crippen LogP contribution in [0.5, 0.6) is 0 Å². The molecular weight excluding hydrogens is 296 g/mol. The zero-order chi connectivity index (χ0) is 13.2. The van der Waals surface area contributed by atoms with Gasteiger partial charge in [-0.3, -0.25) is 29.7 Å². The van der Waals surface area contributed by atoms with Gasteiger partial charge in [0.25, 0.3) is 17.2 Å². The number of nitro groups is 1. The molecule has 0 aromatic carbocycles. The molecule has 9 heteroatoms. The molecule has 0 aliphatic carbocycles. The van der Waals surface area contributed by atoms with E-state index in [1.807, 2.05) is 5.43 Å². The Morgan fingerprint density at radius 2 is 2.29 bits per heavy atom. The van der Waals surface area contributed by atoms with E-state index < -0.39 is 22.4 Å². The molecule has 0 saturated carbocycles. The SMILES string of the molecule is CC(C(=O)NN)n1cc([N+](=O)[O-])cc(Br)c1=O. The van der Waals surface area contributed by atoms with Gasteiger partial charge in [-0.25, -0.2) is 5.84 Å². The van der Waals surface area contributed by atoms with E-state index in [-0.39, 0.29) is 10.2 Å². The summed E-state index contributed by atoms with van der Waals surface area (Å²) in [5.41, 5.74) is 1.03. The lowest BCUT2D eigenvalue weighted by molar-refractivity contribution is -0.385. The fourth-order valence-corrected chi connectivity index (χ4v) is 1.63. The topological polar surface area (TPSA) is 120 Å². The molecule has 1 aromatic heterocycles. The molecule has 1 atom stereocenters. The van der Waals surface area contributed by atoms with E-state index in [9.17, 15) is 19.7 Å². The fraction of sp³-hybridized carbons (Fsp3) is 0.250. The average Bonchev–Trinajstić information content (AvgIpc) is 2.30. The standard InChI is InChI=1S/C8H9BrN4O4/c1-4(7(14)11-10)12-3-5(13(16)17)2-6(9)8(12)15/h2-4H,10H2,1H3,(H,11,14). The molecule has 1 aromatic rings. The first-order valence-electron chi connectivity index (χ1n) is 4.45. The summed E-state index contributed by atoms with van der Waals surface area (Å²) in [5.74, 6) is 4.31. The Bertz CT molecular complexity index is 527. The maximum atomic E-state index is 11.7. The molecule has 0 aliphatic heterocycles. The molecule has 0 saturated heterocycles. The van der Waals surface area contributed by atoms with Crippen LogP contribution in [0.25, 0.3) is 0 Å². The zero-order valence-corrected chi connectivity index (χ0v) is 10.3. The van der Waals surface area contributed by atoms with Gasteiger partial charge in [-0.15, -0.1) is 0 Å². The van der Waals surface area contributed by atoms with Gasteiger partial charge in [-0.1, -0.05) is 0 Å². The number of pyridine rings is 1. The van der Waals surface area contributed by atoms with Gasteiger partial charge in [-0.2, -0.15) is 0 Å². The van der Waals surface area contributed by atoms with E-state index >= 15 is 0 Å². The Morgan fingerprint density at radius 1 is 1.71 bits per heavy atom. The lowest BCUT2D eigenvalue weighted by atomic mass is 10.3. The van der Waals surface area contributed by atoms with Crippen molar-refractivity contribution in [1.29, 1.82) is 0 Å². The van der Waals surface area contributed by atoms with Gasteiger partial charge in [0, 0.05) is 6.07 Å². The van der Waals surface area contributed by atoms with Gasteiger partial charge in [0.15, 0.2) is 0 Å². The highest BCUT2D eigenvalue weighted by atomic mass is 79.9. The van der Waals surface area contributed by atoms with Crippen molar-refractivity contribution in [2.75, 3.05) is 0 Å². The van der Waals surface area contributed by atoms with Crippen molar-refractivity contribution in [3.8, 4) is 0 Å². The average molecular weight is 305 g/mol. The summed E-state index contributed by atoms with van der Waals surface area (Å²) >= 11 is 2.90. The minimum absolute atomic E-state index is 0.00312. The van der Waals surface area contributed by atoms with Gasteiger partial charge >= 0.3 is 0 Å². The molecule has 1 heterocycles. The van der Waals surface area contributed by atoms with Crippen LogP contribution in [0.4, 0.5) is 5.69 Å². The lowest BCUT2D eigenvalue weighted by Gasteiger charge is -2.13. The van der Waals surface area contributed by atoms with Crippen molar-refractivity contribution in [3.63, 3.8) is 0 Å². The third kappa shape index (κ3) is 2.68. The lowest BCUT2D eigenvalue weighted by Crippen LogP contribution is -2.39. The highest BCUT2D eigenvalue weighted by molar-refractivity contribution is 9.10. The highest BCUT2D eigenvalue weighted by Gasteiger charge is 2.20. The van der Waals surface area contributed by atoms with Crippen LogP contribution in [-0.2, 0) is 4.79 Å². The molecule has 0 bridgehead atoms. The molecule has 17 heavy (non-hydrogen) atoms. The molecule has 0 spiro atoms. The first-order chi connectivity index (χ1) is 7.88. The third-order valence-corrected chi connectivity index (χ3v) is 2.70. The van der Waals surface area contributed by atoms with E-state index in [0.29, 0.717) is 0 Å². The van der Waals surface area contributed by atoms with Gasteiger partial charge in [0.2, 0.25) is 0 Å². The number of aromatic nitrogens is 1. The molecule has 1 unspecified atom stereocenters. The predicted molar refractivity (Wildman–Crippen MR) is 62.1 cm³/mol. The number of carbonyl (C=O) groups is 1. The van der Waals surface area contributed by atoms with Crippen LogP contribution in [0.15, 0.2) is 21.5 Å². The summed E-state index contributed by atoms with van der Waals surface area (Å²) < 4.78 is 0.938. The molecule has 1 amide bonds. The van der Waals surface area contributed by atoms with Crippen molar-refractivity contribution in [3.05, 3.63) is 37.2 Å². The smallest absolute Gasteiger partial charge is 0.286 e. The Balaban J connectivity index is 3.37. The minimum atomic E-state index is -0.941. The van der Waals surface area contributed by atoms with Crippen molar-refractivity contribution >= 4 is 27.5 Å². The van der Waals surface area contributed by atoms with Crippen LogP contribution in [0.2, 0.25) is 0 Å². The Kier molecular flexibility index (Phi) is 3.97. The normalized spacial score (nSPS) is 11.9. The van der Waals surface area contributed by atoms with Gasteiger partial charge in [0.1, 0.15) is 6.04 Å². The van der Waals surface area contributed by atoms with E-state index in [1.165, 1.54) is 6.92 Å². The molecule has 0 radical (unpaired) electrons. The first-order valence-corrected chi connectivity index (χ1v) is 5.24. The van der Waals surface area contributed by atoms with Crippen LogP contribution in [0.3, 0.4) is 0 Å². The number of amides is 1. The second-order valence-electron chi connectivity index (χ2n) is 3.20. The molecule has 0 fully saturated rings. The molecule has 92 valence electrons. The monoisotopic (exact) mass is 304 g/mol. The maximum absolute atomic E-state index is 11.7. The van der Waals surface area contributed by atoms with Crippen molar-refractivity contribution in [2.24, 2.45) is 5.84 Å². The summed E-state index contributed by atoms with van der Waals surface area (Å²) in [6.07, 6.45) is 0.993. The highest BCUT2D eigenvalue weighted by Crippen LogP contribution is 2.16. The zero-order valence-electron chi connectivity index (χ0n) is 8.71. The number of nitrogens with zero attached hydrogens (tertiary/aromatic N) is 2. The second-order valence-corrected chi connectivity index (χ2v) is 4.05. The maximum Gasteiger partial charge on any atom is 0.286 e. The first kappa shape index (κ1) is 13.3. The molecule has 8 nitrogen and oxygen atoms in total. The number of nitrogens with one attached hydrogen (secondary N) is 1. The van der Waals surface area contributed by atoms with Crippen molar-refractivity contribution < 1.29 is 9.72 Å². The number of carbonyl (C=O) groups excluding carboxylic acids is 1. The minimum Gasteiger partial charge on any atom is -0.295 e. The van der Waals surface area contributed by atoms with E-state index in [2.05, 4.69) is 15.9 Å². The van der Waals surface area contributed by atoms with E-state index in [4.69, 9.17) is 5.84 Å². The Hall–Kier alpha value is -1.74. The number of halogens is 1. The number of hydrazine groups is 1. The van der Waals surface area contributed by atoms with Crippen LogP contribution in [-0.4, -0.2) is 15.4 Å². The number of rotatable bonds is 3. The summed E-state index contributed by atoms with van der Waals surface area (Å²) in [7, 11) is 0. The predicted octanol–water partition coefficient (Wildman–Crippen LogP) is 0.0699. The van der Waals surface area contributed by atoms with Crippen LogP contribution in [0.1, 0.15) is 13.0 Å². The third-order valence-electron chi connectivity index (χ3n) is 2.13. The molecular formula is C8H9BrN4O4. The van der Waals surface area contributed by atoms with Crippen molar-refractivity contribution in [1.82, 2.24) is 9.99 Å². The Labute approximate surface area is 104 Å². The summed E-state index contributed by atoms with van der Waals surface area (Å²) in [6.45, 7) is 1.40. The van der Waals surface area contributed by atoms with Crippen molar-refractivity contribution in [2.45, 2.75) is 13.0 Å². The fourth-order valence-electron chi connectivity index (χ4n) is 1.19. The second kappa shape index (κ2) is 5.06. The number of hydrogen-bond donors (Lipinski definition) is 2. The summed E-state index contributed by atoms with van der Waals surface area (Å²) in [5, 5.41) is 10.6. The van der Waals surface area contributed by atoms with Crippen LogP contribution < -0.4 is 16.8 Å². The summed E-state index contributed by atoms with van der Waals surface area (Å²) in [4.78, 5) is 32.9. The van der Waals surface area contributed by atoms with Crippen LogP contribution >= 0.6 is 15.9 Å². The molecule has 1 rings (SSSR count). The number of nitrogens with two attached hydrogens (primary N) is 1. The summed E-state index contributed by atoms with van der Waals surface area (Å²) in [6, 6.07) is 0.134. The molecule has 3 N–H and O–H groups in total. The quantitative estimate of drug-likeness (QED) is 0.354. The molecule has 0 aliphatic rings. The number of hydrogen-bond acceptors (Lipinski definition) is 5. The van der Waals surface area contributed by atoms with Gasteiger partial charge in [-0.05, 0) is 22.9 Å². The van der Waals surface area contributed by atoms with Gasteiger partial charge in [0.05, 0.1) is 15.6 Å².